The zero-order chi connectivity index (χ0) is 14.9. The standard InChI is InChI=1S/C18H22ClNO/c1-21-12-11-20-14-17(13-15-5-3-2-4-6-15)16-7-9-18(19)10-8-16/h2-10,17,20H,11-14H2,1H3. The molecule has 0 heterocycles. The van der Waals surface area contributed by atoms with Crippen LogP contribution in [0.25, 0.3) is 0 Å². The van der Waals surface area contributed by atoms with Crippen LogP contribution in [0, 0.1) is 0 Å². The van der Waals surface area contributed by atoms with Gasteiger partial charge < -0.3 is 10.1 Å². The molecule has 1 N–H and O–H groups in total. The topological polar surface area (TPSA) is 21.3 Å². The molecule has 1 unspecified atom stereocenters. The van der Waals surface area contributed by atoms with Crippen LogP contribution in [0.3, 0.4) is 0 Å². The highest BCUT2D eigenvalue weighted by Gasteiger charge is 2.12. The van der Waals surface area contributed by atoms with Crippen molar-refractivity contribution in [2.24, 2.45) is 0 Å². The first-order chi connectivity index (χ1) is 10.3. The Bertz CT molecular complexity index is 513. The van der Waals surface area contributed by atoms with Crippen LogP contribution in [-0.4, -0.2) is 26.8 Å². The van der Waals surface area contributed by atoms with E-state index >= 15 is 0 Å². The molecule has 0 amide bonds. The van der Waals surface area contributed by atoms with E-state index in [-0.39, 0.29) is 0 Å². The van der Waals surface area contributed by atoms with E-state index in [9.17, 15) is 0 Å². The maximum absolute atomic E-state index is 5.99. The molecule has 0 bridgehead atoms. The molecular formula is C18H22ClNO. The predicted molar refractivity (Wildman–Crippen MR) is 89.1 cm³/mol. The number of nitrogens with one attached hydrogen (secondary N) is 1. The zero-order valence-corrected chi connectivity index (χ0v) is 13.1. The summed E-state index contributed by atoms with van der Waals surface area (Å²) in [6.45, 7) is 2.54. The summed E-state index contributed by atoms with van der Waals surface area (Å²) in [5.74, 6) is 0.432. The lowest BCUT2D eigenvalue weighted by Crippen LogP contribution is -2.26. The Balaban J connectivity index is 2.04. The molecule has 1 atom stereocenters. The lowest BCUT2D eigenvalue weighted by atomic mass is 9.92. The molecule has 0 fully saturated rings. The molecule has 0 saturated heterocycles. The van der Waals surface area contributed by atoms with Crippen molar-refractivity contribution >= 4 is 11.6 Å². The van der Waals surface area contributed by atoms with Gasteiger partial charge in [0.15, 0.2) is 0 Å². The maximum atomic E-state index is 5.99. The van der Waals surface area contributed by atoms with Crippen LogP contribution in [-0.2, 0) is 11.2 Å². The number of ether oxygens (including phenoxy) is 1. The van der Waals surface area contributed by atoms with Crippen molar-refractivity contribution in [1.29, 1.82) is 0 Å². The molecule has 0 radical (unpaired) electrons. The Labute approximate surface area is 132 Å². The number of hydrogen-bond acceptors (Lipinski definition) is 2. The first-order valence-electron chi connectivity index (χ1n) is 7.28. The van der Waals surface area contributed by atoms with Gasteiger partial charge in [0.1, 0.15) is 0 Å². The van der Waals surface area contributed by atoms with Crippen LogP contribution in [0.2, 0.25) is 5.02 Å². The number of benzene rings is 2. The van der Waals surface area contributed by atoms with Gasteiger partial charge in [-0.15, -0.1) is 0 Å². The summed E-state index contributed by atoms with van der Waals surface area (Å²) in [4.78, 5) is 0. The smallest absolute Gasteiger partial charge is 0.0587 e. The second-order valence-corrected chi connectivity index (χ2v) is 5.57. The average Bonchev–Trinajstić information content (AvgIpc) is 2.52. The molecule has 0 saturated carbocycles. The highest BCUT2D eigenvalue weighted by molar-refractivity contribution is 6.30. The highest BCUT2D eigenvalue weighted by atomic mass is 35.5. The van der Waals surface area contributed by atoms with Gasteiger partial charge in [0.25, 0.3) is 0 Å². The lowest BCUT2D eigenvalue weighted by molar-refractivity contribution is 0.199. The van der Waals surface area contributed by atoms with Gasteiger partial charge in [0.2, 0.25) is 0 Å². The van der Waals surface area contributed by atoms with Gasteiger partial charge in [0, 0.05) is 31.1 Å². The summed E-state index contributed by atoms with van der Waals surface area (Å²) in [6.07, 6.45) is 1.02. The van der Waals surface area contributed by atoms with E-state index in [2.05, 4.69) is 47.8 Å². The van der Waals surface area contributed by atoms with Gasteiger partial charge >= 0.3 is 0 Å². The van der Waals surface area contributed by atoms with Gasteiger partial charge in [-0.25, -0.2) is 0 Å². The molecular weight excluding hydrogens is 282 g/mol. The second-order valence-electron chi connectivity index (χ2n) is 5.14. The van der Waals surface area contributed by atoms with Crippen LogP contribution < -0.4 is 5.32 Å². The molecule has 2 aromatic carbocycles. The third-order valence-corrected chi connectivity index (χ3v) is 3.79. The fourth-order valence-electron chi connectivity index (χ4n) is 2.39. The van der Waals surface area contributed by atoms with Crippen molar-refractivity contribution in [1.82, 2.24) is 5.32 Å². The summed E-state index contributed by atoms with van der Waals surface area (Å²) in [5, 5.41) is 4.24. The van der Waals surface area contributed by atoms with Gasteiger partial charge in [-0.05, 0) is 29.7 Å². The normalized spacial score (nSPS) is 12.3. The zero-order valence-electron chi connectivity index (χ0n) is 12.4. The van der Waals surface area contributed by atoms with Crippen LogP contribution >= 0.6 is 11.6 Å². The molecule has 2 aromatic rings. The third-order valence-electron chi connectivity index (χ3n) is 3.54. The van der Waals surface area contributed by atoms with Crippen molar-refractivity contribution in [3.05, 3.63) is 70.7 Å². The molecule has 0 aliphatic rings. The molecule has 3 heteroatoms. The highest BCUT2D eigenvalue weighted by Crippen LogP contribution is 2.22. The van der Waals surface area contributed by atoms with Crippen LogP contribution in [0.5, 0.6) is 0 Å². The van der Waals surface area contributed by atoms with E-state index < -0.39 is 0 Å². The summed E-state index contributed by atoms with van der Waals surface area (Å²) < 4.78 is 5.08. The fourth-order valence-corrected chi connectivity index (χ4v) is 2.52. The van der Waals surface area contributed by atoms with E-state index in [1.165, 1.54) is 11.1 Å². The molecule has 2 nitrogen and oxygen atoms in total. The lowest BCUT2D eigenvalue weighted by Gasteiger charge is -2.18. The van der Waals surface area contributed by atoms with Gasteiger partial charge in [0.05, 0.1) is 6.61 Å². The molecule has 21 heavy (non-hydrogen) atoms. The number of methoxy groups -OCH3 is 1. The van der Waals surface area contributed by atoms with Gasteiger partial charge in [-0.2, -0.15) is 0 Å². The van der Waals surface area contributed by atoms with Crippen molar-refractivity contribution in [2.75, 3.05) is 26.8 Å². The number of halogens is 1. The van der Waals surface area contributed by atoms with E-state index in [0.717, 1.165) is 31.1 Å². The quantitative estimate of drug-likeness (QED) is 0.747. The fraction of sp³-hybridized carbons (Fsp3) is 0.333. The summed E-state index contributed by atoms with van der Waals surface area (Å²) in [7, 11) is 1.72. The predicted octanol–water partition coefficient (Wildman–Crippen LogP) is 3.90. The molecule has 0 aromatic heterocycles. The average molecular weight is 304 g/mol. The minimum Gasteiger partial charge on any atom is -0.383 e. The van der Waals surface area contributed by atoms with E-state index in [0.29, 0.717) is 5.92 Å². The molecule has 2 rings (SSSR count). The first-order valence-corrected chi connectivity index (χ1v) is 7.66. The van der Waals surface area contributed by atoms with Crippen LogP contribution in [0.15, 0.2) is 54.6 Å². The largest absolute Gasteiger partial charge is 0.383 e. The molecule has 112 valence electrons. The first kappa shape index (κ1) is 16.0. The Kier molecular flexibility index (Phi) is 6.74. The summed E-state index contributed by atoms with van der Waals surface area (Å²) >= 11 is 5.99. The van der Waals surface area contributed by atoms with Crippen LogP contribution in [0.1, 0.15) is 17.0 Å². The molecule has 0 aliphatic carbocycles. The molecule has 0 spiro atoms. The second kappa shape index (κ2) is 8.83. The minimum atomic E-state index is 0.432. The third kappa shape index (κ3) is 5.50. The SMILES string of the molecule is COCCNCC(Cc1ccccc1)c1ccc(Cl)cc1. The van der Waals surface area contributed by atoms with Crippen molar-refractivity contribution in [3.8, 4) is 0 Å². The van der Waals surface area contributed by atoms with Crippen molar-refractivity contribution in [2.45, 2.75) is 12.3 Å². The van der Waals surface area contributed by atoms with E-state index in [1.54, 1.807) is 7.11 Å². The van der Waals surface area contributed by atoms with Crippen LogP contribution in [0.4, 0.5) is 0 Å². The van der Waals surface area contributed by atoms with E-state index in [4.69, 9.17) is 16.3 Å². The van der Waals surface area contributed by atoms with Gasteiger partial charge in [-0.3, -0.25) is 0 Å². The Morgan fingerprint density at radius 2 is 1.76 bits per heavy atom. The monoisotopic (exact) mass is 303 g/mol. The minimum absolute atomic E-state index is 0.432. The maximum Gasteiger partial charge on any atom is 0.0587 e. The number of hydrogen-bond donors (Lipinski definition) is 1. The van der Waals surface area contributed by atoms with E-state index in [1.807, 2.05) is 12.1 Å². The number of rotatable bonds is 8. The van der Waals surface area contributed by atoms with Crippen molar-refractivity contribution in [3.63, 3.8) is 0 Å². The summed E-state index contributed by atoms with van der Waals surface area (Å²) in [5.41, 5.74) is 2.67. The Morgan fingerprint density at radius 3 is 2.43 bits per heavy atom. The Hall–Kier alpha value is -1.35. The van der Waals surface area contributed by atoms with Crippen molar-refractivity contribution < 1.29 is 4.74 Å². The summed E-state index contributed by atoms with van der Waals surface area (Å²) in [6, 6.07) is 18.8. The Morgan fingerprint density at radius 1 is 1.05 bits per heavy atom. The van der Waals surface area contributed by atoms with Gasteiger partial charge in [-0.1, -0.05) is 54.1 Å². The molecule has 0 aliphatic heterocycles.